The van der Waals surface area contributed by atoms with Gasteiger partial charge in [-0.1, -0.05) is 23.7 Å². The van der Waals surface area contributed by atoms with Gasteiger partial charge in [0.1, 0.15) is 6.29 Å². The van der Waals surface area contributed by atoms with Gasteiger partial charge >= 0.3 is 0 Å². The Morgan fingerprint density at radius 2 is 1.84 bits per heavy atom. The highest BCUT2D eigenvalue weighted by molar-refractivity contribution is 7.89. The molecule has 0 radical (unpaired) electrons. The van der Waals surface area contributed by atoms with Crippen LogP contribution in [0, 0.1) is 0 Å². The lowest BCUT2D eigenvalue weighted by atomic mass is 10.2. The summed E-state index contributed by atoms with van der Waals surface area (Å²) in [5.41, 5.74) is 1.26. The SMILES string of the molecule is NS(=O)(=O)c1ccc(CC=O)cc1.O=c1[nH]cnc2ccc(Cl)cc12. The molecule has 0 atom stereocenters. The van der Waals surface area contributed by atoms with Crippen LogP contribution in [-0.2, 0) is 21.2 Å². The van der Waals surface area contributed by atoms with E-state index in [2.05, 4.69) is 9.97 Å². The van der Waals surface area contributed by atoms with E-state index in [0.29, 0.717) is 15.9 Å². The summed E-state index contributed by atoms with van der Waals surface area (Å²) in [7, 11) is -3.62. The number of nitrogens with one attached hydrogen (secondary N) is 1. The molecule has 0 unspecified atom stereocenters. The normalized spacial score (nSPS) is 10.8. The molecular weight excluding hydrogens is 366 g/mol. The zero-order chi connectivity index (χ0) is 18.4. The van der Waals surface area contributed by atoms with Gasteiger partial charge in [-0.15, -0.1) is 0 Å². The number of nitrogens with zero attached hydrogens (tertiary/aromatic N) is 1. The smallest absolute Gasteiger partial charge is 0.258 e. The van der Waals surface area contributed by atoms with Crippen LogP contribution >= 0.6 is 11.6 Å². The summed E-state index contributed by atoms with van der Waals surface area (Å²) in [5, 5.41) is 5.94. The highest BCUT2D eigenvalue weighted by Gasteiger charge is 2.05. The summed E-state index contributed by atoms with van der Waals surface area (Å²) >= 11 is 5.71. The van der Waals surface area contributed by atoms with E-state index in [1.165, 1.54) is 18.5 Å². The lowest BCUT2D eigenvalue weighted by Gasteiger charge is -1.98. The number of aromatic nitrogens is 2. The Morgan fingerprint density at radius 3 is 2.44 bits per heavy atom. The Hall–Kier alpha value is -2.55. The number of halogens is 1. The van der Waals surface area contributed by atoms with E-state index in [-0.39, 0.29) is 16.9 Å². The fourth-order valence-corrected chi connectivity index (χ4v) is 2.64. The predicted molar refractivity (Wildman–Crippen MR) is 95.0 cm³/mol. The second kappa shape index (κ2) is 8.02. The van der Waals surface area contributed by atoms with E-state index < -0.39 is 10.0 Å². The van der Waals surface area contributed by atoms with Crippen molar-refractivity contribution in [3.8, 4) is 0 Å². The molecule has 3 aromatic rings. The number of aromatic amines is 1. The summed E-state index contributed by atoms with van der Waals surface area (Å²) in [6.07, 6.45) is 2.41. The van der Waals surface area contributed by atoms with E-state index >= 15 is 0 Å². The van der Waals surface area contributed by atoms with Gasteiger partial charge in [-0.05, 0) is 35.9 Å². The molecule has 1 aromatic heterocycles. The second-order valence-corrected chi connectivity index (χ2v) is 6.95. The summed E-state index contributed by atoms with van der Waals surface area (Å²) in [5.74, 6) is 0. The van der Waals surface area contributed by atoms with Crippen molar-refractivity contribution >= 4 is 38.8 Å². The molecule has 0 spiro atoms. The van der Waals surface area contributed by atoms with E-state index in [0.717, 1.165) is 11.8 Å². The molecule has 0 aliphatic rings. The number of sulfonamides is 1. The van der Waals surface area contributed by atoms with Crippen LogP contribution in [0.25, 0.3) is 10.9 Å². The number of fused-ring (bicyclic) bond motifs is 1. The summed E-state index contributed by atoms with van der Waals surface area (Å²) in [4.78, 5) is 27.8. The van der Waals surface area contributed by atoms with Gasteiger partial charge in [0.25, 0.3) is 5.56 Å². The Kier molecular flexibility index (Phi) is 6.02. The lowest BCUT2D eigenvalue weighted by molar-refractivity contribution is -0.107. The van der Waals surface area contributed by atoms with Crippen molar-refractivity contribution < 1.29 is 13.2 Å². The van der Waals surface area contributed by atoms with Gasteiger partial charge in [0.2, 0.25) is 10.0 Å². The number of hydrogen-bond donors (Lipinski definition) is 2. The molecule has 9 heteroatoms. The summed E-state index contributed by atoms with van der Waals surface area (Å²) < 4.78 is 21.6. The number of aldehydes is 1. The maximum absolute atomic E-state index is 11.2. The van der Waals surface area contributed by atoms with Crippen LogP contribution in [0.1, 0.15) is 5.56 Å². The van der Waals surface area contributed by atoms with Crippen LogP contribution in [0.15, 0.2) is 58.5 Å². The van der Waals surface area contributed by atoms with Crippen molar-refractivity contribution in [1.82, 2.24) is 9.97 Å². The fraction of sp³-hybridized carbons (Fsp3) is 0.0625. The first-order valence-corrected chi connectivity index (χ1v) is 8.92. The van der Waals surface area contributed by atoms with E-state index in [1.807, 2.05) is 0 Å². The fourth-order valence-electron chi connectivity index (χ4n) is 1.95. The number of primary sulfonamides is 1. The quantitative estimate of drug-likeness (QED) is 0.670. The molecule has 3 rings (SSSR count). The van der Waals surface area contributed by atoms with Crippen LogP contribution in [0.2, 0.25) is 5.02 Å². The third-order valence-electron chi connectivity index (χ3n) is 3.17. The molecule has 3 N–H and O–H groups in total. The maximum atomic E-state index is 11.2. The first-order valence-electron chi connectivity index (χ1n) is 6.99. The van der Waals surface area contributed by atoms with E-state index in [1.54, 1.807) is 30.3 Å². The molecule has 0 amide bonds. The molecule has 0 bridgehead atoms. The van der Waals surface area contributed by atoms with Crippen molar-refractivity contribution in [3.05, 3.63) is 69.7 Å². The number of nitrogens with two attached hydrogens (primary N) is 1. The molecule has 0 fully saturated rings. The minimum absolute atomic E-state index is 0.0575. The lowest BCUT2D eigenvalue weighted by Crippen LogP contribution is -2.11. The van der Waals surface area contributed by atoms with Gasteiger partial charge in [-0.3, -0.25) is 4.79 Å². The van der Waals surface area contributed by atoms with Gasteiger partial charge in [-0.25, -0.2) is 18.5 Å². The third kappa shape index (κ3) is 5.21. The molecule has 0 saturated carbocycles. The van der Waals surface area contributed by atoms with E-state index in [9.17, 15) is 18.0 Å². The number of carbonyl (C=O) groups is 1. The first kappa shape index (κ1) is 18.8. The maximum Gasteiger partial charge on any atom is 0.258 e. The number of benzene rings is 2. The average Bonchev–Trinajstić information content (AvgIpc) is 2.56. The van der Waals surface area contributed by atoms with Crippen molar-refractivity contribution in [2.24, 2.45) is 5.14 Å². The number of carbonyl (C=O) groups excluding carboxylic acids is 1. The van der Waals surface area contributed by atoms with Crippen LogP contribution in [0.3, 0.4) is 0 Å². The molecule has 0 aliphatic carbocycles. The molecule has 0 aliphatic heterocycles. The van der Waals surface area contributed by atoms with Gasteiger partial charge < -0.3 is 9.78 Å². The van der Waals surface area contributed by atoms with Crippen LogP contribution < -0.4 is 10.7 Å². The highest BCUT2D eigenvalue weighted by Crippen LogP contribution is 2.13. The Morgan fingerprint density at radius 1 is 1.16 bits per heavy atom. The monoisotopic (exact) mass is 379 g/mol. The zero-order valence-corrected chi connectivity index (χ0v) is 14.4. The average molecular weight is 380 g/mol. The Balaban J connectivity index is 0.000000181. The highest BCUT2D eigenvalue weighted by atomic mass is 35.5. The molecule has 0 saturated heterocycles. The molecular formula is C16H14ClN3O4S. The summed E-state index contributed by atoms with van der Waals surface area (Å²) in [6.45, 7) is 0. The van der Waals surface area contributed by atoms with Crippen LogP contribution in [-0.4, -0.2) is 24.7 Å². The van der Waals surface area contributed by atoms with Crippen molar-refractivity contribution in [2.75, 3.05) is 0 Å². The summed E-state index contributed by atoms with van der Waals surface area (Å²) in [6, 6.07) is 10.9. The topological polar surface area (TPSA) is 123 Å². The number of rotatable bonds is 3. The van der Waals surface area contributed by atoms with Gasteiger partial charge in [-0.2, -0.15) is 0 Å². The van der Waals surface area contributed by atoms with E-state index in [4.69, 9.17) is 16.7 Å². The Bertz CT molecular complexity index is 1050. The second-order valence-electron chi connectivity index (χ2n) is 4.95. The largest absolute Gasteiger partial charge is 0.313 e. The molecule has 1 heterocycles. The molecule has 25 heavy (non-hydrogen) atoms. The first-order chi connectivity index (χ1) is 11.8. The van der Waals surface area contributed by atoms with Crippen molar-refractivity contribution in [3.63, 3.8) is 0 Å². The van der Waals surface area contributed by atoms with Gasteiger partial charge in [0.05, 0.1) is 22.1 Å². The minimum atomic E-state index is -3.62. The van der Waals surface area contributed by atoms with Crippen LogP contribution in [0.5, 0.6) is 0 Å². The van der Waals surface area contributed by atoms with Crippen LogP contribution in [0.4, 0.5) is 0 Å². The van der Waals surface area contributed by atoms with Crippen molar-refractivity contribution in [2.45, 2.75) is 11.3 Å². The number of hydrogen-bond acceptors (Lipinski definition) is 5. The van der Waals surface area contributed by atoms with Crippen molar-refractivity contribution in [1.29, 1.82) is 0 Å². The molecule has 2 aromatic carbocycles. The van der Waals surface area contributed by atoms with Gasteiger partial charge in [0.15, 0.2) is 0 Å². The molecule has 7 nitrogen and oxygen atoms in total. The zero-order valence-electron chi connectivity index (χ0n) is 12.8. The van der Waals surface area contributed by atoms with Gasteiger partial charge in [0, 0.05) is 11.4 Å². The number of H-pyrrole nitrogens is 1. The Labute approximate surface area is 148 Å². The third-order valence-corrected chi connectivity index (χ3v) is 4.34. The molecule has 130 valence electrons. The minimum Gasteiger partial charge on any atom is -0.313 e. The predicted octanol–water partition coefficient (Wildman–Crippen LogP) is 1.65. The standard InChI is InChI=1S/C8H5ClN2O.C8H9NO3S/c9-5-1-2-7-6(3-5)8(12)11-4-10-7;9-13(11,12)8-3-1-7(2-4-8)5-6-10/h1-4H,(H,10,11,12);1-4,6H,5H2,(H2,9,11,12).